The van der Waals surface area contributed by atoms with Gasteiger partial charge in [0, 0.05) is 6.42 Å². The normalized spacial score (nSPS) is 26.1. The third-order valence-corrected chi connectivity index (χ3v) is 20.2. The molecule has 19 heteroatoms. The zero-order valence-corrected chi connectivity index (χ0v) is 66.5. The maximum atomic E-state index is 13.5. The second kappa shape index (κ2) is 67.4. The number of carbonyl (C=O) groups is 1. The van der Waals surface area contributed by atoms with Crippen LogP contribution >= 0.6 is 0 Å². The van der Waals surface area contributed by atoms with Crippen molar-refractivity contribution >= 4 is 5.91 Å². The summed E-state index contributed by atoms with van der Waals surface area (Å²) in [5.74, 6) is -0.287. The summed E-state index contributed by atoms with van der Waals surface area (Å²) in [6.45, 7) is 1.63. The third-order valence-electron chi connectivity index (χ3n) is 20.2. The lowest BCUT2D eigenvalue weighted by Gasteiger charge is -2.48. The van der Waals surface area contributed by atoms with Gasteiger partial charge in [0.25, 0.3) is 0 Å². The zero-order valence-electron chi connectivity index (χ0n) is 66.5. The second-order valence-electron chi connectivity index (χ2n) is 29.6. The molecule has 12 N–H and O–H groups in total. The van der Waals surface area contributed by atoms with E-state index in [2.05, 4.69) is 141 Å². The SMILES string of the molecule is CC/C=C\C/C=C\C/C=C\C/C=C\C/C=C\C/C=C\C/C=C\C/C=C\C/C=C\C/C=C\CCCCCCCCCCC(=O)NC(COC1OC(CO)C(OC2OC(CO)C(OC3OC(CO)C(O)C(O)C3O)C(O)C2O)C(O)C1O)C(O)/C=C/CCCCCCCCCCCCCCCCCCCCCCCC. The van der Waals surface area contributed by atoms with Crippen LogP contribution in [0.25, 0.3) is 0 Å². The van der Waals surface area contributed by atoms with Crippen LogP contribution in [-0.4, -0.2) is 193 Å². The maximum absolute atomic E-state index is 13.5. The molecule has 0 spiro atoms. The number of carbonyl (C=O) groups excluding carboxylic acids is 1. The van der Waals surface area contributed by atoms with Crippen molar-refractivity contribution in [2.45, 2.75) is 394 Å². The summed E-state index contributed by atoms with van der Waals surface area (Å²) in [6, 6.07) is -0.989. The van der Waals surface area contributed by atoms with E-state index in [1.165, 1.54) is 128 Å². The predicted molar refractivity (Wildman–Crippen MR) is 433 cm³/mol. The average molecular weight is 1520 g/mol. The van der Waals surface area contributed by atoms with E-state index in [0.29, 0.717) is 6.42 Å². The van der Waals surface area contributed by atoms with Crippen LogP contribution in [0.5, 0.6) is 0 Å². The molecule has 3 fully saturated rings. The molecule has 0 aromatic carbocycles. The molecule has 1 amide bonds. The first kappa shape index (κ1) is 98.1. The summed E-state index contributed by atoms with van der Waals surface area (Å²) in [5, 5.41) is 121. The lowest BCUT2D eigenvalue weighted by Crippen LogP contribution is -2.66. The molecule has 620 valence electrons. The number of amides is 1. The average Bonchev–Trinajstić information content (AvgIpc) is 0.775. The molecule has 19 nitrogen and oxygen atoms in total. The number of aliphatic hydroxyl groups is 11. The number of unbranched alkanes of at least 4 members (excludes halogenated alkanes) is 30. The number of hydrogen-bond acceptors (Lipinski definition) is 18. The number of aliphatic hydroxyl groups excluding tert-OH is 11. The molecule has 3 rings (SSSR count). The third kappa shape index (κ3) is 46.2. The smallest absolute Gasteiger partial charge is 0.220 e. The van der Waals surface area contributed by atoms with Crippen molar-refractivity contribution in [3.8, 4) is 0 Å². The topological polar surface area (TPSA) is 307 Å². The molecule has 0 aliphatic carbocycles. The summed E-state index contributed by atoms with van der Waals surface area (Å²) in [4.78, 5) is 13.5. The molecule has 3 aliphatic heterocycles. The fraction of sp³-hybridized carbons (Fsp3) is 0.742. The van der Waals surface area contributed by atoms with Gasteiger partial charge in [0.05, 0.1) is 38.6 Å². The van der Waals surface area contributed by atoms with Gasteiger partial charge in [-0.1, -0.05) is 321 Å². The summed E-state index contributed by atoms with van der Waals surface area (Å²) >= 11 is 0. The minimum Gasteiger partial charge on any atom is -0.394 e. The molecular formula is C89H151NO18. The Bertz CT molecular complexity index is 2470. The van der Waals surface area contributed by atoms with Crippen molar-refractivity contribution in [1.29, 1.82) is 0 Å². The zero-order chi connectivity index (χ0) is 78.1. The molecule has 108 heavy (non-hydrogen) atoms. The van der Waals surface area contributed by atoms with Crippen LogP contribution in [0.4, 0.5) is 0 Å². The molecule has 3 saturated heterocycles. The number of allylic oxidation sites excluding steroid dienone is 21. The Morgan fingerprint density at radius 2 is 0.639 bits per heavy atom. The van der Waals surface area contributed by atoms with Gasteiger partial charge in [0.15, 0.2) is 18.9 Å². The monoisotopic (exact) mass is 1520 g/mol. The van der Waals surface area contributed by atoms with Gasteiger partial charge in [0.2, 0.25) is 5.91 Å². The van der Waals surface area contributed by atoms with Gasteiger partial charge in [-0.25, -0.2) is 0 Å². The van der Waals surface area contributed by atoms with E-state index in [4.69, 9.17) is 28.4 Å². The van der Waals surface area contributed by atoms with E-state index < -0.39 is 124 Å². The molecule has 0 aromatic rings. The van der Waals surface area contributed by atoms with Gasteiger partial charge in [0.1, 0.15) is 73.2 Å². The molecule has 0 radical (unpaired) electrons. The Kier molecular flexibility index (Phi) is 61.3. The Balaban J connectivity index is 1.36. The van der Waals surface area contributed by atoms with Crippen molar-refractivity contribution in [3.05, 3.63) is 134 Å². The first-order chi connectivity index (χ1) is 52.8. The Morgan fingerprint density at radius 1 is 0.343 bits per heavy atom. The highest BCUT2D eigenvalue weighted by atomic mass is 16.8. The van der Waals surface area contributed by atoms with Crippen LogP contribution in [0.2, 0.25) is 0 Å². The van der Waals surface area contributed by atoms with Crippen LogP contribution in [0, 0.1) is 0 Å². The predicted octanol–water partition coefficient (Wildman–Crippen LogP) is 15.2. The summed E-state index contributed by atoms with van der Waals surface area (Å²) in [6.07, 6.45) is 70.0. The van der Waals surface area contributed by atoms with Gasteiger partial charge in [-0.05, 0) is 96.3 Å². The molecule has 0 bridgehead atoms. The lowest BCUT2D eigenvalue weighted by molar-refractivity contribution is -0.379. The minimum absolute atomic E-state index is 0.226. The molecule has 3 aliphatic rings. The van der Waals surface area contributed by atoms with Crippen LogP contribution in [0.1, 0.15) is 290 Å². The van der Waals surface area contributed by atoms with Crippen molar-refractivity contribution in [3.63, 3.8) is 0 Å². The van der Waals surface area contributed by atoms with Gasteiger partial charge in [-0.15, -0.1) is 0 Å². The number of rotatable bonds is 66. The quantitative estimate of drug-likeness (QED) is 0.0199. The van der Waals surface area contributed by atoms with Crippen LogP contribution in [-0.2, 0) is 33.2 Å². The molecular weight excluding hydrogens is 1370 g/mol. The van der Waals surface area contributed by atoms with Crippen molar-refractivity contribution in [2.24, 2.45) is 0 Å². The Morgan fingerprint density at radius 3 is 1.00 bits per heavy atom. The van der Waals surface area contributed by atoms with Crippen LogP contribution < -0.4 is 5.32 Å². The van der Waals surface area contributed by atoms with Gasteiger partial charge < -0.3 is 89.9 Å². The Hall–Kier alpha value is -4.07. The largest absolute Gasteiger partial charge is 0.394 e. The second-order valence-corrected chi connectivity index (χ2v) is 29.6. The van der Waals surface area contributed by atoms with Crippen LogP contribution in [0.3, 0.4) is 0 Å². The van der Waals surface area contributed by atoms with E-state index in [-0.39, 0.29) is 18.9 Å². The molecule has 17 atom stereocenters. The summed E-state index contributed by atoms with van der Waals surface area (Å²) in [5.41, 5.74) is 0. The van der Waals surface area contributed by atoms with E-state index in [1.807, 2.05) is 6.08 Å². The van der Waals surface area contributed by atoms with E-state index in [0.717, 1.165) is 135 Å². The highest BCUT2D eigenvalue weighted by Crippen LogP contribution is 2.33. The lowest BCUT2D eigenvalue weighted by atomic mass is 9.96. The fourth-order valence-corrected chi connectivity index (χ4v) is 13.5. The van der Waals surface area contributed by atoms with Crippen LogP contribution in [0.15, 0.2) is 134 Å². The first-order valence-electron chi connectivity index (χ1n) is 42.4. The van der Waals surface area contributed by atoms with Gasteiger partial charge in [-0.2, -0.15) is 0 Å². The fourth-order valence-electron chi connectivity index (χ4n) is 13.5. The number of ether oxygens (including phenoxy) is 6. The summed E-state index contributed by atoms with van der Waals surface area (Å²) < 4.78 is 34.5. The first-order valence-corrected chi connectivity index (χ1v) is 42.4. The van der Waals surface area contributed by atoms with Crippen molar-refractivity contribution < 1.29 is 89.4 Å². The maximum Gasteiger partial charge on any atom is 0.220 e. The van der Waals surface area contributed by atoms with Crippen molar-refractivity contribution in [1.82, 2.24) is 5.32 Å². The minimum atomic E-state index is -1.99. The van der Waals surface area contributed by atoms with E-state index in [9.17, 15) is 61.0 Å². The molecule has 17 unspecified atom stereocenters. The number of hydrogen-bond donors (Lipinski definition) is 12. The highest BCUT2D eigenvalue weighted by Gasteiger charge is 2.54. The highest BCUT2D eigenvalue weighted by molar-refractivity contribution is 5.76. The Labute approximate surface area is 651 Å². The van der Waals surface area contributed by atoms with Gasteiger partial charge in [-0.3, -0.25) is 4.79 Å². The van der Waals surface area contributed by atoms with E-state index in [1.54, 1.807) is 6.08 Å². The number of nitrogens with one attached hydrogen (secondary N) is 1. The summed E-state index contributed by atoms with van der Waals surface area (Å²) in [7, 11) is 0. The van der Waals surface area contributed by atoms with Crippen molar-refractivity contribution in [2.75, 3.05) is 26.4 Å². The molecule has 3 heterocycles. The standard InChI is InChI=1S/C89H151NO18/c1-3-5-7-9-11-13-15-17-19-21-23-25-27-29-30-31-32-33-34-35-36-37-38-39-40-41-42-43-45-47-49-51-53-55-57-59-61-63-65-67-77(95)90-72(73(94)66-64-62-60-58-56-54-52-50-48-46-44-28-26-24-22-20-18-16-14-12-10-8-6-4-2)71-103-87-83(101)80(98)85(75(69-92)105-87)108-89-84(102)81(99)86(76(70-93)106-89)107-88-82(100)79(97)78(96)74(68-91)104-88/h5,7,11,13,17,19,23,25,29-30,32-33,35-36,38-39,41-42,45,47,64,66,72-76,78-89,91-94,96-102H,3-4,6,8-10,12,14-16,18,20-22,24,26-28,31,34,37,40,43-44,46,48-63,65,67-71H2,1-2H3,(H,90,95)/b7-5-,13-11-,19-17-,25-23-,30-29-,33-32-,36-35-,39-38-,42-41-,47-45-,66-64+. The van der Waals surface area contributed by atoms with E-state index >= 15 is 0 Å². The van der Waals surface area contributed by atoms with Gasteiger partial charge >= 0.3 is 0 Å². The molecule has 0 saturated carbocycles. The molecule has 0 aromatic heterocycles.